The van der Waals surface area contributed by atoms with Crippen LogP contribution in [0.5, 0.6) is 0 Å². The minimum absolute atomic E-state index is 0.210. The van der Waals surface area contributed by atoms with Crippen molar-refractivity contribution in [2.24, 2.45) is 11.7 Å². The Kier molecular flexibility index (Phi) is 3.72. The zero-order valence-corrected chi connectivity index (χ0v) is 10.9. The van der Waals surface area contributed by atoms with Crippen LogP contribution in [-0.2, 0) is 0 Å². The molecule has 2 N–H and O–H groups in total. The summed E-state index contributed by atoms with van der Waals surface area (Å²) in [5, 5.41) is 3.99. The largest absolute Gasteiger partial charge is 0.337 e. The molecule has 0 saturated heterocycles. The molecule has 2 aromatic rings. The van der Waals surface area contributed by atoms with E-state index in [2.05, 4.69) is 29.0 Å². The number of pyridine rings is 1. The molecule has 0 aliphatic heterocycles. The first-order chi connectivity index (χ1) is 8.63. The van der Waals surface area contributed by atoms with E-state index in [1.165, 1.54) is 0 Å². The monoisotopic (exact) mass is 246 g/mol. The summed E-state index contributed by atoms with van der Waals surface area (Å²) in [6.07, 6.45) is 4.47. The number of rotatable bonds is 4. The van der Waals surface area contributed by atoms with Crippen LogP contribution in [-0.4, -0.2) is 15.1 Å². The number of nitrogens with zero attached hydrogens (tertiary/aromatic N) is 3. The zero-order valence-electron chi connectivity index (χ0n) is 10.9. The zero-order chi connectivity index (χ0) is 13.1. The van der Waals surface area contributed by atoms with Gasteiger partial charge in [-0.15, -0.1) is 0 Å². The quantitative estimate of drug-likeness (QED) is 0.896. The lowest BCUT2D eigenvalue weighted by Crippen LogP contribution is -2.18. The Morgan fingerprint density at radius 2 is 2.22 bits per heavy atom. The molecular weight excluding hydrogens is 228 g/mol. The molecule has 0 aliphatic rings. The molecule has 2 heterocycles. The molecule has 2 rings (SSSR count). The maximum atomic E-state index is 6.07. The first kappa shape index (κ1) is 12.7. The Hall–Kier alpha value is -1.75. The predicted molar refractivity (Wildman–Crippen MR) is 68.6 cm³/mol. The summed E-state index contributed by atoms with van der Waals surface area (Å²) in [5.41, 5.74) is 8.01. The third kappa shape index (κ3) is 2.41. The van der Waals surface area contributed by atoms with Crippen LogP contribution in [0.15, 0.2) is 23.0 Å². The minimum Gasteiger partial charge on any atom is -0.337 e. The van der Waals surface area contributed by atoms with Gasteiger partial charge in [-0.25, -0.2) is 0 Å². The number of aromatic nitrogens is 3. The molecule has 2 atom stereocenters. The summed E-state index contributed by atoms with van der Waals surface area (Å²) in [4.78, 5) is 8.42. The van der Waals surface area contributed by atoms with Crippen LogP contribution in [0.1, 0.15) is 37.8 Å². The van der Waals surface area contributed by atoms with Crippen LogP contribution in [0.4, 0.5) is 0 Å². The highest BCUT2D eigenvalue weighted by molar-refractivity contribution is 5.57. The second kappa shape index (κ2) is 5.27. The van der Waals surface area contributed by atoms with Crippen molar-refractivity contribution in [3.8, 4) is 11.4 Å². The van der Waals surface area contributed by atoms with E-state index in [9.17, 15) is 0 Å². The second-order valence-corrected chi connectivity index (χ2v) is 4.56. The van der Waals surface area contributed by atoms with Gasteiger partial charge in [-0.3, -0.25) is 4.98 Å². The van der Waals surface area contributed by atoms with Crippen molar-refractivity contribution in [3.05, 3.63) is 29.9 Å². The van der Waals surface area contributed by atoms with E-state index >= 15 is 0 Å². The fourth-order valence-corrected chi connectivity index (χ4v) is 1.70. The van der Waals surface area contributed by atoms with Crippen molar-refractivity contribution in [3.63, 3.8) is 0 Å². The fourth-order valence-electron chi connectivity index (χ4n) is 1.70. The van der Waals surface area contributed by atoms with Gasteiger partial charge in [0.15, 0.2) is 0 Å². The van der Waals surface area contributed by atoms with Crippen LogP contribution >= 0.6 is 0 Å². The molecule has 5 heteroatoms. The highest BCUT2D eigenvalue weighted by Gasteiger charge is 2.20. The van der Waals surface area contributed by atoms with E-state index in [0.29, 0.717) is 17.6 Å². The number of hydrogen-bond acceptors (Lipinski definition) is 5. The Morgan fingerprint density at radius 3 is 2.89 bits per heavy atom. The summed E-state index contributed by atoms with van der Waals surface area (Å²) < 4.78 is 5.25. The highest BCUT2D eigenvalue weighted by atomic mass is 16.5. The number of nitrogens with two attached hydrogens (primary N) is 1. The normalized spacial score (nSPS) is 14.4. The molecule has 2 aromatic heterocycles. The van der Waals surface area contributed by atoms with Gasteiger partial charge in [0.2, 0.25) is 11.7 Å². The Bertz CT molecular complexity index is 523. The van der Waals surface area contributed by atoms with E-state index in [1.54, 1.807) is 12.4 Å². The van der Waals surface area contributed by atoms with Crippen molar-refractivity contribution in [1.29, 1.82) is 0 Å². The van der Waals surface area contributed by atoms with E-state index in [0.717, 1.165) is 17.5 Å². The van der Waals surface area contributed by atoms with Crippen LogP contribution in [0.3, 0.4) is 0 Å². The summed E-state index contributed by atoms with van der Waals surface area (Å²) in [5.74, 6) is 1.39. The van der Waals surface area contributed by atoms with Gasteiger partial charge in [-0.2, -0.15) is 4.98 Å². The molecule has 0 spiro atoms. The molecule has 0 saturated carbocycles. The van der Waals surface area contributed by atoms with Gasteiger partial charge in [0.1, 0.15) is 0 Å². The summed E-state index contributed by atoms with van der Waals surface area (Å²) in [7, 11) is 0. The molecule has 0 aromatic carbocycles. The average molecular weight is 246 g/mol. The van der Waals surface area contributed by atoms with Crippen molar-refractivity contribution >= 4 is 0 Å². The van der Waals surface area contributed by atoms with Gasteiger partial charge in [-0.1, -0.05) is 25.4 Å². The SMILES string of the molecule is CCC(C)C(N)c1nc(-c2ccncc2C)no1. The van der Waals surface area contributed by atoms with Crippen LogP contribution in [0, 0.1) is 12.8 Å². The Labute approximate surface area is 106 Å². The third-order valence-electron chi connectivity index (χ3n) is 3.25. The van der Waals surface area contributed by atoms with Gasteiger partial charge in [0, 0.05) is 18.0 Å². The van der Waals surface area contributed by atoms with E-state index in [1.807, 2.05) is 13.0 Å². The third-order valence-corrected chi connectivity index (χ3v) is 3.25. The molecule has 0 bridgehead atoms. The van der Waals surface area contributed by atoms with Gasteiger partial charge < -0.3 is 10.3 Å². The number of aryl methyl sites for hydroxylation is 1. The smallest absolute Gasteiger partial charge is 0.244 e. The van der Waals surface area contributed by atoms with Crippen molar-refractivity contribution < 1.29 is 4.52 Å². The molecular formula is C13H18N4O. The van der Waals surface area contributed by atoms with Crippen LogP contribution in [0.2, 0.25) is 0 Å². The number of hydrogen-bond donors (Lipinski definition) is 1. The maximum Gasteiger partial charge on any atom is 0.244 e. The van der Waals surface area contributed by atoms with Crippen molar-refractivity contribution in [1.82, 2.24) is 15.1 Å². The summed E-state index contributed by atoms with van der Waals surface area (Å²) in [6.45, 7) is 6.13. The van der Waals surface area contributed by atoms with E-state index in [-0.39, 0.29) is 6.04 Å². The topological polar surface area (TPSA) is 77.8 Å². The Morgan fingerprint density at radius 1 is 1.44 bits per heavy atom. The molecule has 18 heavy (non-hydrogen) atoms. The standard InChI is InChI=1S/C13H18N4O/c1-4-8(2)11(14)13-16-12(17-18-13)10-5-6-15-7-9(10)3/h5-8,11H,4,14H2,1-3H3. The summed E-state index contributed by atoms with van der Waals surface area (Å²) >= 11 is 0. The van der Waals surface area contributed by atoms with Crippen molar-refractivity contribution in [2.75, 3.05) is 0 Å². The molecule has 96 valence electrons. The lowest BCUT2D eigenvalue weighted by Gasteiger charge is -2.12. The van der Waals surface area contributed by atoms with E-state index in [4.69, 9.17) is 10.3 Å². The molecule has 2 unspecified atom stereocenters. The highest BCUT2D eigenvalue weighted by Crippen LogP contribution is 2.24. The first-order valence-electron chi connectivity index (χ1n) is 6.13. The lowest BCUT2D eigenvalue weighted by atomic mass is 10.0. The van der Waals surface area contributed by atoms with Gasteiger partial charge in [0.05, 0.1) is 6.04 Å². The van der Waals surface area contributed by atoms with Crippen LogP contribution < -0.4 is 5.73 Å². The first-order valence-corrected chi connectivity index (χ1v) is 6.13. The van der Waals surface area contributed by atoms with Crippen LogP contribution in [0.25, 0.3) is 11.4 Å². The van der Waals surface area contributed by atoms with E-state index < -0.39 is 0 Å². The minimum atomic E-state index is -0.210. The average Bonchev–Trinajstić information content (AvgIpc) is 2.87. The predicted octanol–water partition coefficient (Wildman–Crippen LogP) is 2.49. The van der Waals surface area contributed by atoms with Gasteiger partial charge >= 0.3 is 0 Å². The molecule has 0 radical (unpaired) electrons. The fraction of sp³-hybridized carbons (Fsp3) is 0.462. The Balaban J connectivity index is 2.29. The maximum absolute atomic E-state index is 6.07. The molecule has 0 fully saturated rings. The molecule has 5 nitrogen and oxygen atoms in total. The van der Waals surface area contributed by atoms with Crippen molar-refractivity contribution in [2.45, 2.75) is 33.2 Å². The lowest BCUT2D eigenvalue weighted by molar-refractivity contribution is 0.312. The summed E-state index contributed by atoms with van der Waals surface area (Å²) in [6, 6.07) is 1.66. The van der Waals surface area contributed by atoms with Gasteiger partial charge in [0.25, 0.3) is 0 Å². The molecule has 0 aliphatic carbocycles. The van der Waals surface area contributed by atoms with Gasteiger partial charge in [-0.05, 0) is 24.5 Å². The second-order valence-electron chi connectivity index (χ2n) is 4.56. The molecule has 0 amide bonds.